The van der Waals surface area contributed by atoms with Gasteiger partial charge >= 0.3 is 0 Å². The van der Waals surface area contributed by atoms with Crippen molar-refractivity contribution in [1.82, 2.24) is 24.9 Å². The molecule has 0 radical (unpaired) electrons. The van der Waals surface area contributed by atoms with E-state index in [9.17, 15) is 9.59 Å². The average molecular weight is 349 g/mol. The quantitative estimate of drug-likeness (QED) is 0.815. The van der Waals surface area contributed by atoms with Gasteiger partial charge in [-0.15, -0.1) is 0 Å². The number of carbonyl (C=O) groups is 2. The van der Waals surface area contributed by atoms with Crippen LogP contribution in [0.1, 0.15) is 35.4 Å². The van der Waals surface area contributed by atoms with Gasteiger partial charge in [-0.1, -0.05) is 0 Å². The van der Waals surface area contributed by atoms with Gasteiger partial charge in [0.1, 0.15) is 6.10 Å². The van der Waals surface area contributed by atoms with Gasteiger partial charge in [0.25, 0.3) is 11.8 Å². The molecule has 2 aliphatic rings. The third-order valence-electron chi connectivity index (χ3n) is 4.61. The molecule has 3 heterocycles. The fourth-order valence-corrected chi connectivity index (χ4v) is 3.22. The number of likely N-dealkylation sites (N-methyl/N-ethyl adjacent to an activating group) is 1. The van der Waals surface area contributed by atoms with Crippen molar-refractivity contribution >= 4 is 11.8 Å². The molecule has 0 bridgehead atoms. The molecule has 25 heavy (non-hydrogen) atoms. The zero-order chi connectivity index (χ0) is 17.8. The van der Waals surface area contributed by atoms with Crippen LogP contribution in [-0.4, -0.2) is 77.8 Å². The molecule has 0 saturated carbocycles. The molecule has 0 unspecified atom stereocenters. The number of fused-ring (bicyclic) bond motifs is 1. The van der Waals surface area contributed by atoms with Crippen LogP contribution >= 0.6 is 0 Å². The molecule has 1 aromatic rings. The highest BCUT2D eigenvalue weighted by molar-refractivity contribution is 5.92. The van der Waals surface area contributed by atoms with Crippen LogP contribution in [0.4, 0.5) is 0 Å². The molecule has 1 saturated heterocycles. The van der Waals surface area contributed by atoms with Crippen molar-refractivity contribution in [3.8, 4) is 0 Å². The summed E-state index contributed by atoms with van der Waals surface area (Å²) in [6.07, 6.45) is 2.27. The minimum absolute atomic E-state index is 0.0594. The van der Waals surface area contributed by atoms with Gasteiger partial charge in [0, 0.05) is 32.8 Å². The van der Waals surface area contributed by atoms with E-state index in [1.807, 2.05) is 28.6 Å². The van der Waals surface area contributed by atoms with Crippen LogP contribution < -0.4 is 5.32 Å². The molecule has 0 aromatic carbocycles. The van der Waals surface area contributed by atoms with Gasteiger partial charge in [0.2, 0.25) is 0 Å². The Bertz CT molecular complexity index is 622. The van der Waals surface area contributed by atoms with E-state index >= 15 is 0 Å². The van der Waals surface area contributed by atoms with Gasteiger partial charge in [-0.3, -0.25) is 14.3 Å². The van der Waals surface area contributed by atoms with E-state index in [-0.39, 0.29) is 17.9 Å². The Balaban J connectivity index is 1.64. The second kappa shape index (κ2) is 7.97. The Morgan fingerprint density at radius 2 is 2.20 bits per heavy atom. The van der Waals surface area contributed by atoms with Crippen molar-refractivity contribution < 1.29 is 14.3 Å². The zero-order valence-corrected chi connectivity index (χ0v) is 15.0. The minimum Gasteiger partial charge on any atom is -0.368 e. The summed E-state index contributed by atoms with van der Waals surface area (Å²) >= 11 is 0. The Labute approximate surface area is 148 Å². The molecular weight excluding hydrogens is 322 g/mol. The highest BCUT2D eigenvalue weighted by Gasteiger charge is 2.30. The first-order valence-electron chi connectivity index (χ1n) is 8.94. The van der Waals surface area contributed by atoms with Crippen molar-refractivity contribution in [1.29, 1.82) is 0 Å². The number of aromatic nitrogens is 2. The molecule has 8 heteroatoms. The van der Waals surface area contributed by atoms with Gasteiger partial charge in [-0.25, -0.2) is 0 Å². The van der Waals surface area contributed by atoms with Crippen molar-refractivity contribution in [2.75, 3.05) is 40.3 Å². The molecule has 1 fully saturated rings. The number of hydrogen-bond acceptors (Lipinski definition) is 5. The summed E-state index contributed by atoms with van der Waals surface area (Å²) in [5.74, 6) is -0.108. The monoisotopic (exact) mass is 349 g/mol. The van der Waals surface area contributed by atoms with Crippen molar-refractivity contribution in [3.63, 3.8) is 0 Å². The fourth-order valence-electron chi connectivity index (χ4n) is 3.22. The lowest BCUT2D eigenvalue weighted by Gasteiger charge is -2.23. The molecule has 1 N–H and O–H groups in total. The molecule has 3 rings (SSSR count). The number of carbonyl (C=O) groups excluding carboxylic acids is 2. The smallest absolute Gasteiger partial charge is 0.271 e. The largest absolute Gasteiger partial charge is 0.368 e. The first-order chi connectivity index (χ1) is 12.0. The van der Waals surface area contributed by atoms with Gasteiger partial charge in [0.15, 0.2) is 5.69 Å². The number of amides is 2. The van der Waals surface area contributed by atoms with Crippen molar-refractivity contribution in [2.24, 2.45) is 0 Å². The second-order valence-corrected chi connectivity index (χ2v) is 6.92. The highest BCUT2D eigenvalue weighted by atomic mass is 16.5. The Kier molecular flexibility index (Phi) is 5.70. The number of nitrogens with one attached hydrogen (secondary N) is 1. The maximum atomic E-state index is 12.6. The van der Waals surface area contributed by atoms with Crippen LogP contribution in [0.15, 0.2) is 6.07 Å². The predicted molar refractivity (Wildman–Crippen MR) is 92.1 cm³/mol. The lowest BCUT2D eigenvalue weighted by molar-refractivity contribution is -0.141. The van der Waals surface area contributed by atoms with E-state index in [1.54, 1.807) is 6.07 Å². The summed E-state index contributed by atoms with van der Waals surface area (Å²) < 4.78 is 7.37. The van der Waals surface area contributed by atoms with Crippen molar-refractivity contribution in [3.05, 3.63) is 17.5 Å². The van der Waals surface area contributed by atoms with E-state index in [2.05, 4.69) is 10.4 Å². The first kappa shape index (κ1) is 17.9. The second-order valence-electron chi connectivity index (χ2n) is 6.92. The van der Waals surface area contributed by atoms with Crippen LogP contribution in [0.3, 0.4) is 0 Å². The summed E-state index contributed by atoms with van der Waals surface area (Å²) in [5, 5.41) is 7.30. The van der Waals surface area contributed by atoms with E-state index in [0.717, 1.165) is 38.0 Å². The summed E-state index contributed by atoms with van der Waals surface area (Å²) in [6.45, 7) is 3.93. The van der Waals surface area contributed by atoms with E-state index in [0.29, 0.717) is 31.9 Å². The number of nitrogens with zero attached hydrogens (tertiary/aromatic N) is 4. The fraction of sp³-hybridized carbons (Fsp3) is 0.706. The number of hydrogen-bond donors (Lipinski definition) is 1. The maximum Gasteiger partial charge on any atom is 0.271 e. The third kappa shape index (κ3) is 4.38. The summed E-state index contributed by atoms with van der Waals surface area (Å²) in [4.78, 5) is 28.7. The Morgan fingerprint density at radius 1 is 1.36 bits per heavy atom. The third-order valence-corrected chi connectivity index (χ3v) is 4.61. The molecule has 2 aliphatic heterocycles. The number of aryl methyl sites for hydroxylation is 1. The van der Waals surface area contributed by atoms with Gasteiger partial charge in [-0.05, 0) is 39.4 Å². The molecule has 1 atom stereocenters. The molecule has 138 valence electrons. The van der Waals surface area contributed by atoms with Crippen LogP contribution in [-0.2, 0) is 22.6 Å². The molecule has 1 aromatic heterocycles. The molecule has 0 aliphatic carbocycles. The average Bonchev–Trinajstić information content (AvgIpc) is 3.20. The van der Waals surface area contributed by atoms with Crippen LogP contribution in [0, 0.1) is 0 Å². The Hall–Kier alpha value is -1.93. The van der Waals surface area contributed by atoms with Gasteiger partial charge in [0.05, 0.1) is 12.2 Å². The van der Waals surface area contributed by atoms with E-state index in [4.69, 9.17) is 4.74 Å². The summed E-state index contributed by atoms with van der Waals surface area (Å²) in [5.41, 5.74) is 1.32. The maximum absolute atomic E-state index is 12.6. The molecular formula is C17H27N5O3. The predicted octanol–water partition coefficient (Wildman–Crippen LogP) is 0.0858. The van der Waals surface area contributed by atoms with Crippen LogP contribution in [0.25, 0.3) is 0 Å². The lowest BCUT2D eigenvalue weighted by atomic mass is 10.2. The molecule has 8 nitrogen and oxygen atoms in total. The zero-order valence-electron chi connectivity index (χ0n) is 15.0. The van der Waals surface area contributed by atoms with E-state index in [1.165, 1.54) is 0 Å². The van der Waals surface area contributed by atoms with Crippen LogP contribution in [0.5, 0.6) is 0 Å². The molecule has 2 amide bonds. The molecule has 0 spiro atoms. The SMILES string of the molecule is CN(C)CCNC(=O)c1cc2n(n1)CCCN(C(=O)[C@@H]1CCCO1)C2. The van der Waals surface area contributed by atoms with Crippen molar-refractivity contribution in [2.45, 2.75) is 38.5 Å². The number of ether oxygens (including phenoxy) is 1. The van der Waals surface area contributed by atoms with Gasteiger partial charge < -0.3 is 19.9 Å². The standard InChI is InChI=1S/C17H27N5O3/c1-20(2)9-6-18-16(23)14-11-13-12-21(7-4-8-22(13)19-14)17(24)15-5-3-10-25-15/h11,15H,3-10,12H2,1-2H3,(H,18,23)/t15-/m0/s1. The minimum atomic E-state index is -0.303. The normalized spacial score (nSPS) is 20.4. The summed E-state index contributed by atoms with van der Waals surface area (Å²) in [7, 11) is 3.93. The topological polar surface area (TPSA) is 79.7 Å². The van der Waals surface area contributed by atoms with Crippen LogP contribution in [0.2, 0.25) is 0 Å². The first-order valence-corrected chi connectivity index (χ1v) is 8.94. The summed E-state index contributed by atoms with van der Waals surface area (Å²) in [6, 6.07) is 1.80. The Morgan fingerprint density at radius 3 is 2.92 bits per heavy atom. The number of rotatable bonds is 5. The lowest BCUT2D eigenvalue weighted by Crippen LogP contribution is -2.38. The van der Waals surface area contributed by atoms with Gasteiger partial charge in [-0.2, -0.15) is 5.10 Å². The van der Waals surface area contributed by atoms with E-state index < -0.39 is 0 Å². The highest BCUT2D eigenvalue weighted by Crippen LogP contribution is 2.19.